The zero-order chi connectivity index (χ0) is 7.59. The molecule has 1 aliphatic heterocycles. The molecule has 3 nitrogen and oxygen atoms in total. The van der Waals surface area contributed by atoms with E-state index < -0.39 is 0 Å². The molecule has 3 aliphatic rings. The lowest BCUT2D eigenvalue weighted by molar-refractivity contribution is -0.145. The lowest BCUT2D eigenvalue weighted by Crippen LogP contribution is -2.25. The van der Waals surface area contributed by atoms with E-state index >= 15 is 0 Å². The molecule has 11 heavy (non-hydrogen) atoms. The number of ketones is 1. The van der Waals surface area contributed by atoms with E-state index in [1.54, 1.807) is 0 Å². The largest absolute Gasteiger partial charge is 0.461 e. The highest BCUT2D eigenvalue weighted by Gasteiger charge is 2.61. The standard InChI is InChI=1S/C8H8O3/c9-7-3-1-4-5(2-3)11-8(10)6(4)7/h3-6H,1-2H2/t3-,4-,5-,6-/m0/s1. The van der Waals surface area contributed by atoms with Crippen molar-refractivity contribution in [2.75, 3.05) is 0 Å². The summed E-state index contributed by atoms with van der Waals surface area (Å²) >= 11 is 0. The molecule has 3 heteroatoms. The summed E-state index contributed by atoms with van der Waals surface area (Å²) in [5.41, 5.74) is 0. The van der Waals surface area contributed by atoms with Gasteiger partial charge in [0.1, 0.15) is 12.0 Å². The van der Waals surface area contributed by atoms with E-state index in [4.69, 9.17) is 4.74 Å². The van der Waals surface area contributed by atoms with Crippen LogP contribution in [0.15, 0.2) is 0 Å². The molecule has 0 amide bonds. The van der Waals surface area contributed by atoms with Crippen LogP contribution in [0.1, 0.15) is 12.8 Å². The first kappa shape index (κ1) is 5.75. The average Bonchev–Trinajstić information content (AvgIpc) is 2.47. The number of rotatable bonds is 0. The van der Waals surface area contributed by atoms with E-state index in [0.29, 0.717) is 0 Å². The first-order chi connectivity index (χ1) is 5.27. The maximum absolute atomic E-state index is 11.3. The van der Waals surface area contributed by atoms with Gasteiger partial charge >= 0.3 is 5.97 Å². The molecule has 1 saturated heterocycles. The van der Waals surface area contributed by atoms with Gasteiger partial charge < -0.3 is 4.74 Å². The second-order valence-corrected chi connectivity index (χ2v) is 3.69. The first-order valence-electron chi connectivity index (χ1n) is 4.01. The van der Waals surface area contributed by atoms with Gasteiger partial charge in [0.05, 0.1) is 0 Å². The van der Waals surface area contributed by atoms with Crippen LogP contribution in [-0.2, 0) is 14.3 Å². The van der Waals surface area contributed by atoms with Gasteiger partial charge in [0.25, 0.3) is 0 Å². The van der Waals surface area contributed by atoms with Crippen molar-refractivity contribution in [2.24, 2.45) is 17.8 Å². The number of Topliss-reactive ketones (excluding diaryl/α,β-unsaturated/α-hetero) is 1. The smallest absolute Gasteiger partial charge is 0.317 e. The van der Waals surface area contributed by atoms with Crippen LogP contribution in [0.2, 0.25) is 0 Å². The number of hydrogen-bond acceptors (Lipinski definition) is 3. The normalized spacial score (nSPS) is 52.0. The summed E-state index contributed by atoms with van der Waals surface area (Å²) in [5.74, 6) is -0.0704. The number of ether oxygens (including phenoxy) is 1. The molecule has 4 atom stereocenters. The van der Waals surface area contributed by atoms with Crippen LogP contribution < -0.4 is 0 Å². The highest BCUT2D eigenvalue weighted by Crippen LogP contribution is 2.51. The van der Waals surface area contributed by atoms with Crippen molar-refractivity contribution >= 4 is 11.8 Å². The molecular formula is C8H8O3. The second kappa shape index (κ2) is 1.49. The predicted molar refractivity (Wildman–Crippen MR) is 34.6 cm³/mol. The summed E-state index contributed by atoms with van der Waals surface area (Å²) in [4.78, 5) is 22.4. The van der Waals surface area contributed by atoms with Crippen LogP contribution >= 0.6 is 0 Å². The highest BCUT2D eigenvalue weighted by molar-refractivity contribution is 6.04. The summed E-state index contributed by atoms with van der Waals surface area (Å²) in [7, 11) is 0. The Hall–Kier alpha value is -0.860. The Morgan fingerprint density at radius 1 is 1.27 bits per heavy atom. The van der Waals surface area contributed by atoms with Gasteiger partial charge in [0.15, 0.2) is 5.78 Å². The Morgan fingerprint density at radius 2 is 2.09 bits per heavy atom. The topological polar surface area (TPSA) is 43.4 Å². The fraction of sp³-hybridized carbons (Fsp3) is 0.750. The van der Waals surface area contributed by atoms with Crippen LogP contribution in [0.4, 0.5) is 0 Å². The van der Waals surface area contributed by atoms with Crippen LogP contribution in [-0.4, -0.2) is 17.9 Å². The van der Waals surface area contributed by atoms with Crippen LogP contribution in [0.3, 0.4) is 0 Å². The molecule has 0 N–H and O–H groups in total. The Labute approximate surface area is 63.7 Å². The third kappa shape index (κ3) is 0.481. The first-order valence-corrected chi connectivity index (χ1v) is 4.01. The van der Waals surface area contributed by atoms with Crippen LogP contribution in [0.5, 0.6) is 0 Å². The summed E-state index contributed by atoms with van der Waals surface area (Å²) in [5, 5.41) is 0. The van der Waals surface area contributed by atoms with Crippen molar-refractivity contribution in [3.63, 3.8) is 0 Å². The fourth-order valence-electron chi connectivity index (χ4n) is 2.73. The summed E-state index contributed by atoms with van der Waals surface area (Å²) < 4.78 is 5.05. The van der Waals surface area contributed by atoms with Gasteiger partial charge in [0.2, 0.25) is 0 Å². The number of fused-ring (bicyclic) bond motifs is 1. The van der Waals surface area contributed by atoms with Crippen LogP contribution in [0, 0.1) is 17.8 Å². The molecule has 0 aromatic heterocycles. The molecule has 58 valence electrons. The second-order valence-electron chi connectivity index (χ2n) is 3.69. The lowest BCUT2D eigenvalue weighted by atomic mass is 9.89. The molecule has 3 rings (SSSR count). The molecule has 0 aromatic carbocycles. The van der Waals surface area contributed by atoms with E-state index in [9.17, 15) is 9.59 Å². The minimum absolute atomic E-state index is 0.0928. The summed E-state index contributed by atoms with van der Waals surface area (Å²) in [6, 6.07) is 0. The highest BCUT2D eigenvalue weighted by atomic mass is 16.6. The maximum atomic E-state index is 11.3. The number of carbonyl (C=O) groups excluding carboxylic acids is 2. The van der Waals surface area contributed by atoms with Gasteiger partial charge in [-0.05, 0) is 12.8 Å². The van der Waals surface area contributed by atoms with Crippen molar-refractivity contribution in [2.45, 2.75) is 18.9 Å². The Morgan fingerprint density at radius 3 is 2.73 bits per heavy atom. The molecule has 0 spiro atoms. The number of carbonyl (C=O) groups is 2. The van der Waals surface area contributed by atoms with Gasteiger partial charge in [-0.2, -0.15) is 0 Å². The average molecular weight is 152 g/mol. The zero-order valence-corrected chi connectivity index (χ0v) is 5.95. The van der Waals surface area contributed by atoms with Gasteiger partial charge in [-0.1, -0.05) is 0 Å². The molecule has 0 radical (unpaired) electrons. The molecule has 3 fully saturated rings. The Bertz CT molecular complexity index is 256. The van der Waals surface area contributed by atoms with Gasteiger partial charge in [-0.3, -0.25) is 9.59 Å². The fourth-order valence-corrected chi connectivity index (χ4v) is 2.73. The minimum Gasteiger partial charge on any atom is -0.461 e. The van der Waals surface area contributed by atoms with Crippen molar-refractivity contribution in [1.29, 1.82) is 0 Å². The van der Waals surface area contributed by atoms with Crippen molar-refractivity contribution in [3.05, 3.63) is 0 Å². The van der Waals surface area contributed by atoms with Crippen molar-refractivity contribution in [3.8, 4) is 0 Å². The minimum atomic E-state index is -0.362. The van der Waals surface area contributed by atoms with Gasteiger partial charge in [-0.25, -0.2) is 0 Å². The van der Waals surface area contributed by atoms with Crippen molar-refractivity contribution in [1.82, 2.24) is 0 Å². The Balaban J connectivity index is 2.12. The third-order valence-electron chi connectivity index (χ3n) is 3.21. The molecule has 2 aliphatic carbocycles. The predicted octanol–water partition coefficient (Wildman–Crippen LogP) is 0.137. The number of hydrogen-bond donors (Lipinski definition) is 0. The monoisotopic (exact) mass is 152 g/mol. The van der Waals surface area contributed by atoms with Gasteiger partial charge in [-0.15, -0.1) is 0 Å². The molecular weight excluding hydrogens is 144 g/mol. The maximum Gasteiger partial charge on any atom is 0.317 e. The third-order valence-corrected chi connectivity index (χ3v) is 3.21. The van der Waals surface area contributed by atoms with Crippen molar-refractivity contribution < 1.29 is 14.3 Å². The molecule has 0 unspecified atom stereocenters. The van der Waals surface area contributed by atoms with E-state index in [0.717, 1.165) is 12.8 Å². The lowest BCUT2D eigenvalue weighted by Gasteiger charge is -2.11. The SMILES string of the molecule is O=C1O[C@H]2C[C@@H]3C[C@@H]2[C@H]1C3=O. The van der Waals surface area contributed by atoms with E-state index in [2.05, 4.69) is 0 Å². The molecule has 0 aromatic rings. The number of esters is 1. The van der Waals surface area contributed by atoms with E-state index in [1.165, 1.54) is 0 Å². The van der Waals surface area contributed by atoms with E-state index in [1.807, 2.05) is 0 Å². The molecule has 2 saturated carbocycles. The summed E-state index contributed by atoms with van der Waals surface area (Å²) in [6.45, 7) is 0. The Kier molecular flexibility index (Phi) is 0.780. The van der Waals surface area contributed by atoms with Gasteiger partial charge in [0, 0.05) is 11.8 Å². The van der Waals surface area contributed by atoms with Crippen LogP contribution in [0.25, 0.3) is 0 Å². The molecule has 1 heterocycles. The van der Waals surface area contributed by atoms with E-state index in [-0.39, 0.29) is 35.6 Å². The summed E-state index contributed by atoms with van der Waals surface area (Å²) in [6.07, 6.45) is 1.79. The zero-order valence-electron chi connectivity index (χ0n) is 5.95. The quantitative estimate of drug-likeness (QED) is 0.366. The molecule has 2 bridgehead atoms.